The lowest BCUT2D eigenvalue weighted by Crippen LogP contribution is -2.40. The summed E-state index contributed by atoms with van der Waals surface area (Å²) in [5.41, 5.74) is 8.74. The van der Waals surface area contributed by atoms with Gasteiger partial charge in [0.1, 0.15) is 6.61 Å². The minimum atomic E-state index is -0.246. The van der Waals surface area contributed by atoms with Crippen LogP contribution in [0.4, 0.5) is 5.69 Å². The maximum atomic E-state index is 13.0. The third kappa shape index (κ3) is 6.17. The van der Waals surface area contributed by atoms with E-state index in [2.05, 4.69) is 15.2 Å². The zero-order valence-electron chi connectivity index (χ0n) is 18.4. The molecule has 0 radical (unpaired) electrons. The minimum absolute atomic E-state index is 0.119. The number of nitrogens with two attached hydrogens (primary N) is 1. The number of pyridine rings is 1. The summed E-state index contributed by atoms with van der Waals surface area (Å²) in [5, 5.41) is 3.01. The molecule has 33 heavy (non-hydrogen) atoms. The number of benzene rings is 2. The number of hydrogen-bond donors (Lipinski definition) is 2. The Bertz CT molecular complexity index is 1100. The fourth-order valence-corrected chi connectivity index (χ4v) is 4.01. The van der Waals surface area contributed by atoms with E-state index in [4.69, 9.17) is 10.5 Å². The second-order valence-electron chi connectivity index (χ2n) is 8.24. The minimum Gasteiger partial charge on any atom is -0.473 e. The first kappa shape index (κ1) is 22.5. The Kier molecular flexibility index (Phi) is 7.32. The summed E-state index contributed by atoms with van der Waals surface area (Å²) in [6, 6.07) is 20.8. The molecule has 0 bridgehead atoms. The van der Waals surface area contributed by atoms with E-state index in [-0.39, 0.29) is 17.7 Å². The molecule has 1 aliphatic rings. The third-order valence-electron chi connectivity index (χ3n) is 5.79. The summed E-state index contributed by atoms with van der Waals surface area (Å²) in [6.07, 6.45) is 3.34. The van der Waals surface area contributed by atoms with Gasteiger partial charge in [-0.1, -0.05) is 48.5 Å². The molecule has 0 spiro atoms. The first-order valence-electron chi connectivity index (χ1n) is 11.1. The van der Waals surface area contributed by atoms with Gasteiger partial charge < -0.3 is 15.8 Å². The van der Waals surface area contributed by atoms with Gasteiger partial charge in [-0.25, -0.2) is 4.98 Å². The van der Waals surface area contributed by atoms with Gasteiger partial charge in [-0.3, -0.25) is 14.5 Å². The maximum absolute atomic E-state index is 13.0. The number of ether oxygens (including phenoxy) is 1. The van der Waals surface area contributed by atoms with Gasteiger partial charge in [0.2, 0.25) is 11.8 Å². The quantitative estimate of drug-likeness (QED) is 0.553. The number of rotatable bonds is 8. The highest BCUT2D eigenvalue weighted by molar-refractivity contribution is 6.04. The number of nitrogens with one attached hydrogen (secondary N) is 1. The van der Waals surface area contributed by atoms with Crippen LogP contribution < -0.4 is 15.8 Å². The molecule has 2 amide bonds. The van der Waals surface area contributed by atoms with E-state index in [1.165, 1.54) is 0 Å². The Hall–Kier alpha value is -3.71. The Morgan fingerprint density at radius 1 is 1.09 bits per heavy atom. The van der Waals surface area contributed by atoms with Crippen LogP contribution in [0.2, 0.25) is 0 Å². The topological polar surface area (TPSA) is 97.6 Å². The second kappa shape index (κ2) is 10.7. The largest absolute Gasteiger partial charge is 0.473 e. The number of hydrogen-bond acceptors (Lipinski definition) is 5. The Labute approximate surface area is 193 Å². The summed E-state index contributed by atoms with van der Waals surface area (Å²) in [5.74, 6) is -0.204. The van der Waals surface area contributed by atoms with E-state index in [0.29, 0.717) is 31.1 Å². The van der Waals surface area contributed by atoms with Gasteiger partial charge in [0.25, 0.3) is 5.91 Å². The highest BCUT2D eigenvalue weighted by atomic mass is 16.5. The van der Waals surface area contributed by atoms with Crippen molar-refractivity contribution >= 4 is 17.5 Å². The van der Waals surface area contributed by atoms with E-state index in [1.807, 2.05) is 54.6 Å². The number of likely N-dealkylation sites (tertiary alicyclic amines) is 1. The smallest absolute Gasteiger partial charge is 0.255 e. The summed E-state index contributed by atoms with van der Waals surface area (Å²) in [4.78, 5) is 31.0. The van der Waals surface area contributed by atoms with Gasteiger partial charge in [-0.2, -0.15) is 0 Å². The van der Waals surface area contributed by atoms with Crippen LogP contribution in [0.15, 0.2) is 72.9 Å². The summed E-state index contributed by atoms with van der Waals surface area (Å²) < 4.78 is 5.75. The van der Waals surface area contributed by atoms with E-state index in [9.17, 15) is 9.59 Å². The molecule has 7 nitrogen and oxygen atoms in total. The molecule has 3 N–H and O–H groups in total. The number of para-hydroxylation sites is 1. The Balaban J connectivity index is 1.41. The monoisotopic (exact) mass is 444 g/mol. The number of carbonyl (C=O) groups excluding carboxylic acids is 2. The molecule has 3 aromatic rings. The summed E-state index contributed by atoms with van der Waals surface area (Å²) in [7, 11) is 0. The van der Waals surface area contributed by atoms with Gasteiger partial charge in [0.05, 0.1) is 5.92 Å². The van der Waals surface area contributed by atoms with Crippen LogP contribution in [0.3, 0.4) is 0 Å². The fraction of sp³-hybridized carbons (Fsp3) is 0.269. The molecule has 0 saturated carbocycles. The molecule has 2 aromatic carbocycles. The molecule has 2 heterocycles. The van der Waals surface area contributed by atoms with Crippen molar-refractivity contribution < 1.29 is 14.3 Å². The molecular weight excluding hydrogens is 416 g/mol. The van der Waals surface area contributed by atoms with Crippen molar-refractivity contribution in [2.24, 2.45) is 11.7 Å². The standard InChI is InChI=1S/C26H28N4O3/c27-25(31)22-10-6-14-30(17-22)16-21-9-4-5-11-23(21)29-26(32)20-12-13-28-24(15-20)33-18-19-7-2-1-3-8-19/h1-5,7-9,11-13,15,22H,6,10,14,16-18H2,(H2,27,31)(H,29,32). The van der Waals surface area contributed by atoms with Crippen LogP contribution in [0.1, 0.15) is 34.3 Å². The van der Waals surface area contributed by atoms with E-state index in [1.54, 1.807) is 18.3 Å². The number of carbonyl (C=O) groups is 2. The van der Waals surface area contributed by atoms with Crippen molar-refractivity contribution in [3.63, 3.8) is 0 Å². The van der Waals surface area contributed by atoms with Crippen molar-refractivity contribution in [1.82, 2.24) is 9.88 Å². The molecule has 170 valence electrons. The van der Waals surface area contributed by atoms with Gasteiger partial charge in [0, 0.05) is 36.6 Å². The van der Waals surface area contributed by atoms with E-state index >= 15 is 0 Å². The third-order valence-corrected chi connectivity index (χ3v) is 5.79. The van der Waals surface area contributed by atoms with Gasteiger partial charge >= 0.3 is 0 Å². The number of primary amides is 1. The maximum Gasteiger partial charge on any atom is 0.255 e. The zero-order chi connectivity index (χ0) is 23.0. The molecular formula is C26H28N4O3. The molecule has 1 aliphatic heterocycles. The molecule has 4 rings (SSSR count). The molecule has 1 fully saturated rings. The average molecular weight is 445 g/mol. The molecule has 7 heteroatoms. The first-order chi connectivity index (χ1) is 16.1. The number of amides is 2. The molecule has 0 aliphatic carbocycles. The SMILES string of the molecule is NC(=O)C1CCCN(Cc2ccccc2NC(=O)c2ccnc(OCc3ccccc3)c2)C1. The van der Waals surface area contributed by atoms with Gasteiger partial charge in [-0.05, 0) is 42.6 Å². The van der Waals surface area contributed by atoms with Crippen LogP contribution in [-0.2, 0) is 17.9 Å². The predicted molar refractivity (Wildman–Crippen MR) is 127 cm³/mol. The average Bonchev–Trinajstić information content (AvgIpc) is 2.85. The second-order valence-corrected chi connectivity index (χ2v) is 8.24. The molecule has 1 aromatic heterocycles. The zero-order valence-corrected chi connectivity index (χ0v) is 18.4. The van der Waals surface area contributed by atoms with Crippen LogP contribution in [-0.4, -0.2) is 34.8 Å². The lowest BCUT2D eigenvalue weighted by atomic mass is 9.97. The summed E-state index contributed by atoms with van der Waals surface area (Å²) in [6.45, 7) is 2.56. The van der Waals surface area contributed by atoms with Crippen molar-refractivity contribution in [2.75, 3.05) is 18.4 Å². The normalized spacial score (nSPS) is 16.2. The van der Waals surface area contributed by atoms with Crippen molar-refractivity contribution in [3.05, 3.63) is 89.6 Å². The van der Waals surface area contributed by atoms with Crippen molar-refractivity contribution in [1.29, 1.82) is 0 Å². The summed E-state index contributed by atoms with van der Waals surface area (Å²) >= 11 is 0. The Morgan fingerprint density at radius 2 is 1.88 bits per heavy atom. The number of piperidine rings is 1. The molecule has 1 saturated heterocycles. The number of nitrogens with zero attached hydrogens (tertiary/aromatic N) is 2. The number of anilines is 1. The Morgan fingerprint density at radius 3 is 2.70 bits per heavy atom. The van der Waals surface area contributed by atoms with E-state index < -0.39 is 0 Å². The lowest BCUT2D eigenvalue weighted by Gasteiger charge is -2.31. The van der Waals surface area contributed by atoms with E-state index in [0.717, 1.165) is 36.2 Å². The fourth-order valence-electron chi connectivity index (χ4n) is 4.01. The lowest BCUT2D eigenvalue weighted by molar-refractivity contribution is -0.123. The van der Waals surface area contributed by atoms with Crippen LogP contribution in [0.5, 0.6) is 5.88 Å². The highest BCUT2D eigenvalue weighted by Crippen LogP contribution is 2.23. The first-order valence-corrected chi connectivity index (χ1v) is 11.1. The van der Waals surface area contributed by atoms with Crippen LogP contribution in [0, 0.1) is 5.92 Å². The van der Waals surface area contributed by atoms with Crippen molar-refractivity contribution in [2.45, 2.75) is 26.0 Å². The van der Waals surface area contributed by atoms with Crippen molar-refractivity contribution in [3.8, 4) is 5.88 Å². The highest BCUT2D eigenvalue weighted by Gasteiger charge is 2.24. The predicted octanol–water partition coefficient (Wildman–Crippen LogP) is 3.61. The van der Waals surface area contributed by atoms with Crippen LogP contribution in [0.25, 0.3) is 0 Å². The van der Waals surface area contributed by atoms with Gasteiger partial charge in [-0.15, -0.1) is 0 Å². The number of aromatic nitrogens is 1. The van der Waals surface area contributed by atoms with Gasteiger partial charge in [0.15, 0.2) is 0 Å². The molecule has 1 unspecified atom stereocenters. The van der Waals surface area contributed by atoms with Crippen LogP contribution >= 0.6 is 0 Å². The molecule has 1 atom stereocenters.